The zero-order chi connectivity index (χ0) is 14.9. The maximum absolute atomic E-state index is 3.99. The SMILES string of the molecule is C=C[CH2][Zn]([CH2]CCCCCCC)[CH2]CCCCCCC. The predicted molar refractivity (Wildman–Crippen MR) is 91.4 cm³/mol. The van der Waals surface area contributed by atoms with Gasteiger partial charge >= 0.3 is 135 Å². The first-order chi connectivity index (χ1) is 9.85. The Kier molecular flexibility index (Phi) is 17.7. The summed E-state index contributed by atoms with van der Waals surface area (Å²) < 4.78 is 0. The minimum atomic E-state index is -1.16. The summed E-state index contributed by atoms with van der Waals surface area (Å²) in [6.07, 6.45) is 19.8. The fraction of sp³-hybridized carbons (Fsp3) is 0.895. The van der Waals surface area contributed by atoms with Gasteiger partial charge in [-0.25, -0.2) is 0 Å². The molecule has 0 radical (unpaired) electrons. The van der Waals surface area contributed by atoms with Crippen molar-refractivity contribution in [2.75, 3.05) is 0 Å². The Morgan fingerprint density at radius 2 is 1.05 bits per heavy atom. The first kappa shape index (κ1) is 20.4. The molecule has 0 fully saturated rings. The molecule has 0 aromatic rings. The van der Waals surface area contributed by atoms with E-state index in [0.29, 0.717) is 0 Å². The third-order valence-electron chi connectivity index (χ3n) is 4.82. The first-order valence-electron chi connectivity index (χ1n) is 9.73. The summed E-state index contributed by atoms with van der Waals surface area (Å²) in [5.41, 5.74) is 0. The number of unbranched alkanes of at least 4 members (excludes halogenated alkanes) is 10. The second-order valence-electron chi connectivity index (χ2n) is 6.88. The van der Waals surface area contributed by atoms with Crippen LogP contribution in [0.4, 0.5) is 0 Å². The van der Waals surface area contributed by atoms with Crippen LogP contribution >= 0.6 is 0 Å². The number of hydrogen-bond donors (Lipinski definition) is 0. The second kappa shape index (κ2) is 17.4. The summed E-state index contributed by atoms with van der Waals surface area (Å²) in [5, 5.41) is 4.74. The van der Waals surface area contributed by atoms with Crippen LogP contribution < -0.4 is 0 Å². The summed E-state index contributed by atoms with van der Waals surface area (Å²) in [6, 6.07) is 0. The summed E-state index contributed by atoms with van der Waals surface area (Å²) >= 11 is -1.16. The van der Waals surface area contributed by atoms with Gasteiger partial charge in [-0.2, -0.15) is 0 Å². The van der Waals surface area contributed by atoms with Gasteiger partial charge < -0.3 is 0 Å². The molecule has 0 N–H and O–H groups in total. The van der Waals surface area contributed by atoms with E-state index in [0.717, 1.165) is 0 Å². The molecular weight excluding hydrogens is 294 g/mol. The summed E-state index contributed by atoms with van der Waals surface area (Å²) in [5.74, 6) is 0. The van der Waals surface area contributed by atoms with Crippen molar-refractivity contribution in [3.05, 3.63) is 12.7 Å². The number of hydrogen-bond acceptors (Lipinski definition) is 0. The molecular formula is C19H39Zn. The van der Waals surface area contributed by atoms with Crippen LogP contribution in [0.3, 0.4) is 0 Å². The molecule has 0 bridgehead atoms. The zero-order valence-corrected chi connectivity index (χ0v) is 17.6. The molecule has 0 saturated heterocycles. The molecule has 0 aliphatic rings. The monoisotopic (exact) mass is 331 g/mol. The van der Waals surface area contributed by atoms with Crippen LogP contribution in [0.15, 0.2) is 12.7 Å². The quantitative estimate of drug-likeness (QED) is 0.154. The first-order valence-corrected chi connectivity index (χ1v) is 16.0. The molecule has 20 heavy (non-hydrogen) atoms. The zero-order valence-electron chi connectivity index (χ0n) is 14.6. The Balaban J connectivity index is 3.47. The molecule has 0 aliphatic heterocycles. The van der Waals surface area contributed by atoms with Gasteiger partial charge in [0.25, 0.3) is 0 Å². The fourth-order valence-corrected chi connectivity index (χ4v) is 11.0. The van der Waals surface area contributed by atoms with Gasteiger partial charge in [-0.1, -0.05) is 0 Å². The van der Waals surface area contributed by atoms with E-state index in [2.05, 4.69) is 26.5 Å². The van der Waals surface area contributed by atoms with E-state index in [-0.39, 0.29) is 0 Å². The Morgan fingerprint density at radius 3 is 1.45 bits per heavy atom. The van der Waals surface area contributed by atoms with E-state index in [4.69, 9.17) is 0 Å². The van der Waals surface area contributed by atoms with E-state index in [1.165, 1.54) is 82.1 Å². The average molecular weight is 333 g/mol. The van der Waals surface area contributed by atoms with Crippen molar-refractivity contribution < 1.29 is 16.0 Å². The summed E-state index contributed by atoms with van der Waals surface area (Å²) in [4.78, 5) is 0. The third kappa shape index (κ3) is 14.8. The van der Waals surface area contributed by atoms with Gasteiger partial charge in [0.2, 0.25) is 0 Å². The second-order valence-corrected chi connectivity index (χ2v) is 15.5. The molecule has 0 unspecified atom stereocenters. The molecule has 0 rings (SSSR count). The van der Waals surface area contributed by atoms with Crippen LogP contribution in [0, 0.1) is 0 Å². The van der Waals surface area contributed by atoms with Gasteiger partial charge in [0, 0.05) is 0 Å². The minimum absolute atomic E-state index is 1.16. The van der Waals surface area contributed by atoms with Crippen LogP contribution in [0.2, 0.25) is 15.0 Å². The van der Waals surface area contributed by atoms with Crippen LogP contribution in [-0.4, -0.2) is 0 Å². The van der Waals surface area contributed by atoms with Crippen molar-refractivity contribution in [1.82, 2.24) is 0 Å². The molecule has 0 atom stereocenters. The number of rotatable bonds is 16. The fourth-order valence-electron chi connectivity index (χ4n) is 3.38. The molecule has 0 aliphatic carbocycles. The van der Waals surface area contributed by atoms with E-state index in [9.17, 15) is 0 Å². The Labute approximate surface area is 134 Å². The van der Waals surface area contributed by atoms with Gasteiger partial charge in [0.05, 0.1) is 0 Å². The normalized spacial score (nSPS) is 10.7. The van der Waals surface area contributed by atoms with E-state index < -0.39 is 16.0 Å². The van der Waals surface area contributed by atoms with Gasteiger partial charge in [0.1, 0.15) is 0 Å². The Bertz CT molecular complexity index is 172. The maximum atomic E-state index is 3.99. The molecule has 0 saturated carbocycles. The Morgan fingerprint density at radius 1 is 0.650 bits per heavy atom. The van der Waals surface area contributed by atoms with Crippen LogP contribution in [0.5, 0.6) is 0 Å². The molecule has 1 heteroatoms. The molecule has 0 nitrogen and oxygen atoms in total. The molecule has 0 amide bonds. The van der Waals surface area contributed by atoms with E-state index in [1.807, 2.05) is 0 Å². The van der Waals surface area contributed by atoms with E-state index >= 15 is 0 Å². The van der Waals surface area contributed by atoms with Crippen LogP contribution in [0.1, 0.15) is 90.9 Å². The molecule has 0 aromatic carbocycles. The third-order valence-corrected chi connectivity index (χ3v) is 13.7. The van der Waals surface area contributed by atoms with Crippen molar-refractivity contribution in [3.8, 4) is 0 Å². The summed E-state index contributed by atoms with van der Waals surface area (Å²) in [7, 11) is 0. The predicted octanol–water partition coefficient (Wildman–Crippen LogP) is 7.77. The van der Waals surface area contributed by atoms with Crippen LogP contribution in [-0.2, 0) is 16.0 Å². The standard InChI is InChI=1S/2C8H17.C3H5.Zn/c2*1-3-5-7-8-6-4-2;1-3-2;/h2*1,3-8H2,2H3;3H,1-2H2;. The van der Waals surface area contributed by atoms with E-state index in [1.54, 1.807) is 10.0 Å². The van der Waals surface area contributed by atoms with Crippen molar-refractivity contribution in [2.45, 2.75) is 106 Å². The van der Waals surface area contributed by atoms with Crippen LogP contribution in [0.25, 0.3) is 0 Å². The molecule has 0 spiro atoms. The molecule has 0 aromatic heterocycles. The topological polar surface area (TPSA) is 0 Å². The average Bonchev–Trinajstić information content (AvgIpc) is 2.46. The van der Waals surface area contributed by atoms with Crippen molar-refractivity contribution in [3.63, 3.8) is 0 Å². The molecule has 0 heterocycles. The van der Waals surface area contributed by atoms with Gasteiger partial charge in [-0.3, -0.25) is 0 Å². The van der Waals surface area contributed by atoms with Gasteiger partial charge in [0.15, 0.2) is 0 Å². The summed E-state index contributed by atoms with van der Waals surface area (Å²) in [6.45, 7) is 8.60. The van der Waals surface area contributed by atoms with Gasteiger partial charge in [-0.15, -0.1) is 0 Å². The van der Waals surface area contributed by atoms with Gasteiger partial charge in [-0.05, 0) is 0 Å². The van der Waals surface area contributed by atoms with Crippen molar-refractivity contribution in [2.24, 2.45) is 0 Å². The number of allylic oxidation sites excluding steroid dienone is 1. The van der Waals surface area contributed by atoms with Crippen molar-refractivity contribution in [1.29, 1.82) is 0 Å². The Hall–Kier alpha value is 0.363. The van der Waals surface area contributed by atoms with Crippen molar-refractivity contribution >= 4 is 0 Å². The molecule has 117 valence electrons.